The van der Waals surface area contributed by atoms with Gasteiger partial charge in [-0.05, 0) is 12.8 Å². The minimum Gasteiger partial charge on any atom is -0.481 e. The van der Waals surface area contributed by atoms with Crippen LogP contribution < -0.4 is 0 Å². The van der Waals surface area contributed by atoms with E-state index in [0.717, 1.165) is 18.6 Å². The third-order valence-electron chi connectivity index (χ3n) is 3.13. The fourth-order valence-corrected chi connectivity index (χ4v) is 2.29. The number of oxazole rings is 1. The van der Waals surface area contributed by atoms with Crippen LogP contribution in [0.4, 0.5) is 0 Å². The molecule has 1 fully saturated rings. The minimum atomic E-state index is -0.894. The van der Waals surface area contributed by atoms with Crippen molar-refractivity contribution in [3.8, 4) is 0 Å². The van der Waals surface area contributed by atoms with Gasteiger partial charge in [0.15, 0.2) is 0 Å². The molecule has 0 radical (unpaired) electrons. The molecule has 0 aliphatic heterocycles. The summed E-state index contributed by atoms with van der Waals surface area (Å²) >= 11 is 0. The standard InChI is InChI=1S/C12H17NO3/c14-12(15)7-11-13-8-10(16-11)9-5-3-1-2-4-6-9/h8-9H,1-7H2,(H,14,15). The molecule has 1 aromatic heterocycles. The number of rotatable bonds is 3. The van der Waals surface area contributed by atoms with Crippen LogP contribution in [0.25, 0.3) is 0 Å². The molecule has 1 heterocycles. The van der Waals surface area contributed by atoms with Crippen molar-refractivity contribution >= 4 is 5.97 Å². The molecule has 4 nitrogen and oxygen atoms in total. The molecule has 0 unspecified atom stereocenters. The monoisotopic (exact) mass is 223 g/mol. The first-order valence-electron chi connectivity index (χ1n) is 5.92. The number of carboxylic acids is 1. The predicted molar refractivity (Wildman–Crippen MR) is 58.3 cm³/mol. The van der Waals surface area contributed by atoms with Crippen LogP contribution in [0.15, 0.2) is 10.6 Å². The highest BCUT2D eigenvalue weighted by Gasteiger charge is 2.19. The Hall–Kier alpha value is -1.32. The SMILES string of the molecule is O=C(O)Cc1ncc(C2CCCCCC2)o1. The molecule has 1 aliphatic rings. The lowest BCUT2D eigenvalue weighted by Crippen LogP contribution is -2.00. The Balaban J connectivity index is 2.02. The summed E-state index contributed by atoms with van der Waals surface area (Å²) in [5, 5.41) is 8.63. The van der Waals surface area contributed by atoms with E-state index in [1.54, 1.807) is 6.20 Å². The van der Waals surface area contributed by atoms with Gasteiger partial charge in [-0.1, -0.05) is 25.7 Å². The molecule has 0 saturated heterocycles. The number of hydrogen-bond acceptors (Lipinski definition) is 3. The molecule has 4 heteroatoms. The quantitative estimate of drug-likeness (QED) is 0.800. The number of hydrogen-bond donors (Lipinski definition) is 1. The molecule has 0 aromatic carbocycles. The number of nitrogens with zero attached hydrogens (tertiary/aromatic N) is 1. The molecule has 1 aliphatic carbocycles. The molecule has 0 amide bonds. The number of carbonyl (C=O) groups is 1. The Morgan fingerprint density at radius 2 is 2.06 bits per heavy atom. The first kappa shape index (κ1) is 11.2. The van der Waals surface area contributed by atoms with Gasteiger partial charge in [-0.3, -0.25) is 4.79 Å². The Morgan fingerprint density at radius 1 is 1.38 bits per heavy atom. The van der Waals surface area contributed by atoms with E-state index in [9.17, 15) is 4.79 Å². The van der Waals surface area contributed by atoms with Gasteiger partial charge in [-0.2, -0.15) is 0 Å². The summed E-state index contributed by atoms with van der Waals surface area (Å²) in [5.41, 5.74) is 0. The zero-order chi connectivity index (χ0) is 11.4. The molecule has 1 aromatic rings. The van der Waals surface area contributed by atoms with Crippen LogP contribution in [0.1, 0.15) is 56.1 Å². The van der Waals surface area contributed by atoms with Gasteiger partial charge < -0.3 is 9.52 Å². The van der Waals surface area contributed by atoms with E-state index in [-0.39, 0.29) is 6.42 Å². The highest BCUT2D eigenvalue weighted by molar-refractivity contribution is 5.68. The van der Waals surface area contributed by atoms with Crippen molar-refractivity contribution in [1.82, 2.24) is 4.98 Å². The second-order valence-electron chi connectivity index (χ2n) is 4.42. The molecule has 0 bridgehead atoms. The number of aromatic nitrogens is 1. The Morgan fingerprint density at radius 3 is 2.69 bits per heavy atom. The van der Waals surface area contributed by atoms with Crippen molar-refractivity contribution in [2.24, 2.45) is 0 Å². The van der Waals surface area contributed by atoms with Gasteiger partial charge in [0, 0.05) is 5.92 Å². The maximum Gasteiger partial charge on any atom is 0.312 e. The highest BCUT2D eigenvalue weighted by atomic mass is 16.4. The molecular formula is C12H17NO3. The summed E-state index contributed by atoms with van der Waals surface area (Å²) in [5.74, 6) is 0.747. The summed E-state index contributed by atoms with van der Waals surface area (Å²) in [6.07, 6.45) is 8.93. The van der Waals surface area contributed by atoms with Crippen LogP contribution in [0.5, 0.6) is 0 Å². The second kappa shape index (κ2) is 5.14. The lowest BCUT2D eigenvalue weighted by molar-refractivity contribution is -0.136. The minimum absolute atomic E-state index is 0.118. The Kier molecular flexibility index (Phi) is 3.59. The highest BCUT2D eigenvalue weighted by Crippen LogP contribution is 2.31. The summed E-state index contributed by atoms with van der Waals surface area (Å²) in [6, 6.07) is 0. The summed E-state index contributed by atoms with van der Waals surface area (Å²) in [4.78, 5) is 14.5. The van der Waals surface area contributed by atoms with Crippen LogP contribution >= 0.6 is 0 Å². The first-order chi connectivity index (χ1) is 7.75. The summed E-state index contributed by atoms with van der Waals surface area (Å²) in [6.45, 7) is 0. The van der Waals surface area contributed by atoms with E-state index in [1.165, 1.54) is 25.7 Å². The van der Waals surface area contributed by atoms with Gasteiger partial charge in [-0.15, -0.1) is 0 Å². The largest absolute Gasteiger partial charge is 0.481 e. The van der Waals surface area contributed by atoms with Gasteiger partial charge in [0.1, 0.15) is 12.2 Å². The summed E-state index contributed by atoms with van der Waals surface area (Å²) in [7, 11) is 0. The van der Waals surface area contributed by atoms with E-state index in [1.807, 2.05) is 0 Å². The van der Waals surface area contributed by atoms with Crippen molar-refractivity contribution in [1.29, 1.82) is 0 Å². The average molecular weight is 223 g/mol. The number of aliphatic carboxylic acids is 1. The van der Waals surface area contributed by atoms with Crippen LogP contribution in [0.2, 0.25) is 0 Å². The molecule has 2 rings (SSSR count). The van der Waals surface area contributed by atoms with Crippen LogP contribution in [-0.4, -0.2) is 16.1 Å². The van der Waals surface area contributed by atoms with Crippen molar-refractivity contribution in [3.63, 3.8) is 0 Å². The normalized spacial score (nSPS) is 18.2. The molecule has 0 spiro atoms. The van der Waals surface area contributed by atoms with Gasteiger partial charge in [0.2, 0.25) is 5.89 Å². The fraction of sp³-hybridized carbons (Fsp3) is 0.667. The first-order valence-corrected chi connectivity index (χ1v) is 5.92. The van der Waals surface area contributed by atoms with Gasteiger partial charge >= 0.3 is 5.97 Å². The van der Waals surface area contributed by atoms with Crippen molar-refractivity contribution in [3.05, 3.63) is 17.8 Å². The van der Waals surface area contributed by atoms with E-state index in [0.29, 0.717) is 11.8 Å². The van der Waals surface area contributed by atoms with E-state index in [4.69, 9.17) is 9.52 Å². The molecule has 0 atom stereocenters. The molecular weight excluding hydrogens is 206 g/mol. The maximum absolute atomic E-state index is 10.5. The van der Waals surface area contributed by atoms with Gasteiger partial charge in [0.25, 0.3) is 0 Å². The van der Waals surface area contributed by atoms with Gasteiger partial charge in [0.05, 0.1) is 6.20 Å². The summed E-state index contributed by atoms with van der Waals surface area (Å²) < 4.78 is 5.50. The van der Waals surface area contributed by atoms with E-state index < -0.39 is 5.97 Å². The smallest absolute Gasteiger partial charge is 0.312 e. The third-order valence-corrected chi connectivity index (χ3v) is 3.13. The van der Waals surface area contributed by atoms with E-state index >= 15 is 0 Å². The zero-order valence-corrected chi connectivity index (χ0v) is 9.32. The van der Waals surface area contributed by atoms with E-state index in [2.05, 4.69) is 4.98 Å². The van der Waals surface area contributed by atoms with Crippen molar-refractivity contribution in [2.75, 3.05) is 0 Å². The Labute approximate surface area is 94.7 Å². The Bertz CT molecular complexity index is 351. The second-order valence-corrected chi connectivity index (χ2v) is 4.42. The topological polar surface area (TPSA) is 63.3 Å². The molecule has 88 valence electrons. The predicted octanol–water partition coefficient (Wildman–Crippen LogP) is 2.74. The molecule has 1 N–H and O–H groups in total. The van der Waals surface area contributed by atoms with Crippen LogP contribution in [0.3, 0.4) is 0 Å². The fourth-order valence-electron chi connectivity index (χ4n) is 2.29. The van der Waals surface area contributed by atoms with Crippen LogP contribution in [0, 0.1) is 0 Å². The lowest BCUT2D eigenvalue weighted by atomic mass is 9.98. The average Bonchev–Trinajstić information content (AvgIpc) is 2.53. The van der Waals surface area contributed by atoms with Gasteiger partial charge in [-0.25, -0.2) is 4.98 Å². The van der Waals surface area contributed by atoms with Crippen molar-refractivity contribution in [2.45, 2.75) is 50.9 Å². The lowest BCUT2D eigenvalue weighted by Gasteiger charge is -2.09. The maximum atomic E-state index is 10.5. The zero-order valence-electron chi connectivity index (χ0n) is 9.32. The number of carboxylic acid groups (broad SMARTS) is 1. The van der Waals surface area contributed by atoms with Crippen LogP contribution in [-0.2, 0) is 11.2 Å². The third kappa shape index (κ3) is 2.84. The van der Waals surface area contributed by atoms with Crippen molar-refractivity contribution < 1.29 is 14.3 Å². The molecule has 16 heavy (non-hydrogen) atoms. The molecule has 1 saturated carbocycles.